The highest BCUT2D eigenvalue weighted by molar-refractivity contribution is 6.30. The number of benzene rings is 1. The fourth-order valence-corrected chi connectivity index (χ4v) is 1.95. The molecule has 0 radical (unpaired) electrons. The SMILES string of the molecule is C=CCNc1nccn1C(C)c1ccc(Cl)cc1. The van der Waals surface area contributed by atoms with Crippen molar-refractivity contribution in [1.29, 1.82) is 0 Å². The van der Waals surface area contributed by atoms with E-state index in [0.717, 1.165) is 11.0 Å². The van der Waals surface area contributed by atoms with Gasteiger partial charge in [-0.25, -0.2) is 4.98 Å². The van der Waals surface area contributed by atoms with Gasteiger partial charge in [0.05, 0.1) is 6.04 Å². The number of halogens is 1. The van der Waals surface area contributed by atoms with Gasteiger partial charge >= 0.3 is 0 Å². The van der Waals surface area contributed by atoms with Crippen molar-refractivity contribution in [3.63, 3.8) is 0 Å². The van der Waals surface area contributed by atoms with Crippen molar-refractivity contribution in [3.8, 4) is 0 Å². The Morgan fingerprint density at radius 1 is 1.44 bits per heavy atom. The molecule has 1 aromatic heterocycles. The van der Waals surface area contributed by atoms with Crippen LogP contribution in [0.3, 0.4) is 0 Å². The van der Waals surface area contributed by atoms with Gasteiger partial charge < -0.3 is 9.88 Å². The van der Waals surface area contributed by atoms with Gasteiger partial charge in [-0.05, 0) is 24.6 Å². The lowest BCUT2D eigenvalue weighted by Crippen LogP contribution is -2.11. The molecule has 1 unspecified atom stereocenters. The van der Waals surface area contributed by atoms with E-state index in [-0.39, 0.29) is 6.04 Å². The number of nitrogens with one attached hydrogen (secondary N) is 1. The van der Waals surface area contributed by atoms with Crippen LogP contribution in [0.1, 0.15) is 18.5 Å². The van der Waals surface area contributed by atoms with Crippen molar-refractivity contribution in [2.75, 3.05) is 11.9 Å². The summed E-state index contributed by atoms with van der Waals surface area (Å²) >= 11 is 5.90. The number of hydrogen-bond acceptors (Lipinski definition) is 2. The maximum Gasteiger partial charge on any atom is 0.203 e. The Morgan fingerprint density at radius 2 is 2.17 bits per heavy atom. The Balaban J connectivity index is 2.22. The first-order chi connectivity index (χ1) is 8.72. The van der Waals surface area contributed by atoms with Crippen molar-refractivity contribution in [2.45, 2.75) is 13.0 Å². The second kappa shape index (κ2) is 5.74. The summed E-state index contributed by atoms with van der Waals surface area (Å²) in [6.07, 6.45) is 5.56. The van der Waals surface area contributed by atoms with E-state index in [1.165, 1.54) is 5.56 Å². The fraction of sp³-hybridized carbons (Fsp3) is 0.214. The zero-order chi connectivity index (χ0) is 13.0. The molecule has 2 rings (SSSR count). The fourth-order valence-electron chi connectivity index (χ4n) is 1.83. The normalized spacial score (nSPS) is 12.1. The lowest BCUT2D eigenvalue weighted by atomic mass is 10.1. The average molecular weight is 262 g/mol. The number of aromatic nitrogens is 2. The van der Waals surface area contributed by atoms with Crippen LogP contribution in [0, 0.1) is 0 Å². The van der Waals surface area contributed by atoms with E-state index >= 15 is 0 Å². The monoisotopic (exact) mass is 261 g/mol. The number of anilines is 1. The average Bonchev–Trinajstić information content (AvgIpc) is 2.84. The highest BCUT2D eigenvalue weighted by Crippen LogP contribution is 2.22. The molecule has 1 N–H and O–H groups in total. The van der Waals surface area contributed by atoms with E-state index in [2.05, 4.69) is 28.4 Å². The third-order valence-electron chi connectivity index (χ3n) is 2.84. The number of nitrogens with zero attached hydrogens (tertiary/aromatic N) is 2. The van der Waals surface area contributed by atoms with Gasteiger partial charge in [-0.1, -0.05) is 29.8 Å². The van der Waals surface area contributed by atoms with Crippen LogP contribution in [0.4, 0.5) is 5.95 Å². The van der Waals surface area contributed by atoms with E-state index in [1.54, 1.807) is 6.20 Å². The van der Waals surface area contributed by atoms with Crippen LogP contribution in [-0.4, -0.2) is 16.1 Å². The Bertz CT molecular complexity index is 516. The summed E-state index contributed by atoms with van der Waals surface area (Å²) < 4.78 is 2.09. The highest BCUT2D eigenvalue weighted by Gasteiger charge is 2.11. The molecule has 0 bridgehead atoms. The van der Waals surface area contributed by atoms with Crippen LogP contribution < -0.4 is 5.32 Å². The molecule has 94 valence electrons. The third kappa shape index (κ3) is 2.74. The van der Waals surface area contributed by atoms with E-state index in [4.69, 9.17) is 11.6 Å². The zero-order valence-corrected chi connectivity index (χ0v) is 11.1. The molecule has 0 aliphatic heterocycles. The summed E-state index contributed by atoms with van der Waals surface area (Å²) in [4.78, 5) is 4.30. The Labute approximate surface area is 112 Å². The zero-order valence-electron chi connectivity index (χ0n) is 10.3. The Kier molecular flexibility index (Phi) is 4.05. The summed E-state index contributed by atoms with van der Waals surface area (Å²) in [5.41, 5.74) is 1.19. The number of rotatable bonds is 5. The predicted molar refractivity (Wildman–Crippen MR) is 76.2 cm³/mol. The molecular weight excluding hydrogens is 246 g/mol. The quantitative estimate of drug-likeness (QED) is 0.831. The lowest BCUT2D eigenvalue weighted by molar-refractivity contribution is 0.645. The standard InChI is InChI=1S/C14H16ClN3/c1-3-8-16-14-17-9-10-18(14)11(2)12-4-6-13(15)7-5-12/h3-7,9-11H,1,8H2,2H3,(H,16,17). The van der Waals surface area contributed by atoms with Crippen molar-refractivity contribution in [1.82, 2.24) is 9.55 Å². The van der Waals surface area contributed by atoms with Crippen LogP contribution >= 0.6 is 11.6 Å². The van der Waals surface area contributed by atoms with E-state index in [9.17, 15) is 0 Å². The van der Waals surface area contributed by atoms with Gasteiger partial charge in [0, 0.05) is 24.0 Å². The summed E-state index contributed by atoms with van der Waals surface area (Å²) in [6.45, 7) is 6.52. The van der Waals surface area contributed by atoms with Crippen molar-refractivity contribution in [3.05, 3.63) is 59.9 Å². The molecule has 0 spiro atoms. The van der Waals surface area contributed by atoms with Crippen molar-refractivity contribution >= 4 is 17.5 Å². The molecule has 1 aromatic carbocycles. The van der Waals surface area contributed by atoms with Crippen LogP contribution in [0.5, 0.6) is 0 Å². The van der Waals surface area contributed by atoms with Gasteiger partial charge in [-0.15, -0.1) is 6.58 Å². The second-order valence-corrected chi connectivity index (χ2v) is 4.49. The topological polar surface area (TPSA) is 29.9 Å². The van der Waals surface area contributed by atoms with Gasteiger partial charge in [0.1, 0.15) is 0 Å². The second-order valence-electron chi connectivity index (χ2n) is 4.06. The van der Waals surface area contributed by atoms with Gasteiger partial charge in [0.15, 0.2) is 0 Å². The molecule has 1 heterocycles. The van der Waals surface area contributed by atoms with Crippen LogP contribution in [0.2, 0.25) is 5.02 Å². The Hall–Kier alpha value is -1.74. The molecule has 18 heavy (non-hydrogen) atoms. The number of hydrogen-bond donors (Lipinski definition) is 1. The molecule has 0 saturated carbocycles. The van der Waals surface area contributed by atoms with Gasteiger partial charge in [0.2, 0.25) is 5.95 Å². The molecule has 0 amide bonds. The summed E-state index contributed by atoms with van der Waals surface area (Å²) in [5.74, 6) is 0.845. The molecule has 0 aliphatic carbocycles. The first-order valence-electron chi connectivity index (χ1n) is 5.85. The van der Waals surface area contributed by atoms with E-state index < -0.39 is 0 Å². The van der Waals surface area contributed by atoms with Gasteiger partial charge in [-0.2, -0.15) is 0 Å². The predicted octanol–water partition coefficient (Wildman–Crippen LogP) is 3.74. The van der Waals surface area contributed by atoms with E-state index in [1.807, 2.05) is 36.5 Å². The minimum atomic E-state index is 0.206. The molecule has 3 nitrogen and oxygen atoms in total. The minimum absolute atomic E-state index is 0.206. The molecule has 0 fully saturated rings. The summed E-state index contributed by atoms with van der Waals surface area (Å²) in [6, 6.07) is 8.08. The van der Waals surface area contributed by atoms with Crippen LogP contribution in [0.15, 0.2) is 49.3 Å². The summed E-state index contributed by atoms with van der Waals surface area (Å²) in [5, 5.41) is 3.96. The molecule has 0 saturated heterocycles. The Morgan fingerprint density at radius 3 is 2.83 bits per heavy atom. The highest BCUT2D eigenvalue weighted by atomic mass is 35.5. The third-order valence-corrected chi connectivity index (χ3v) is 3.09. The molecule has 2 aromatic rings. The van der Waals surface area contributed by atoms with Gasteiger partial charge in [-0.3, -0.25) is 0 Å². The molecule has 0 aliphatic rings. The van der Waals surface area contributed by atoms with Crippen LogP contribution in [-0.2, 0) is 0 Å². The van der Waals surface area contributed by atoms with Gasteiger partial charge in [0.25, 0.3) is 0 Å². The number of imidazole rings is 1. The lowest BCUT2D eigenvalue weighted by Gasteiger charge is -2.17. The maximum atomic E-state index is 5.90. The molecule has 1 atom stereocenters. The maximum absolute atomic E-state index is 5.90. The minimum Gasteiger partial charge on any atom is -0.352 e. The van der Waals surface area contributed by atoms with E-state index in [0.29, 0.717) is 6.54 Å². The first kappa shape index (κ1) is 12.7. The molecule has 4 heteroatoms. The smallest absolute Gasteiger partial charge is 0.203 e. The molecular formula is C14H16ClN3. The van der Waals surface area contributed by atoms with Crippen LogP contribution in [0.25, 0.3) is 0 Å². The first-order valence-corrected chi connectivity index (χ1v) is 6.23. The summed E-state index contributed by atoms with van der Waals surface area (Å²) in [7, 11) is 0. The van der Waals surface area contributed by atoms with Crippen molar-refractivity contribution in [2.24, 2.45) is 0 Å². The largest absolute Gasteiger partial charge is 0.352 e. The van der Waals surface area contributed by atoms with Crippen molar-refractivity contribution < 1.29 is 0 Å².